The van der Waals surface area contributed by atoms with E-state index in [1.165, 1.54) is 57.8 Å². The molecule has 2 rings (SSSR count). The van der Waals surface area contributed by atoms with Gasteiger partial charge in [0, 0.05) is 6.61 Å². The van der Waals surface area contributed by atoms with Crippen molar-refractivity contribution in [1.29, 1.82) is 0 Å². The second-order valence-electron chi connectivity index (χ2n) is 11.4. The Morgan fingerprint density at radius 1 is 0.477 bits per heavy atom. The maximum absolute atomic E-state index is 10.6. The maximum atomic E-state index is 10.6. The second-order valence-corrected chi connectivity index (χ2v) is 11.4. The molecule has 0 aliphatic carbocycles. The fourth-order valence-corrected chi connectivity index (χ4v) is 5.15. The summed E-state index contributed by atoms with van der Waals surface area (Å²) in [4.78, 5) is 0. The van der Waals surface area contributed by atoms with E-state index in [9.17, 15) is 35.7 Å². The number of rotatable bonds is 25. The summed E-state index contributed by atoms with van der Waals surface area (Å²) in [5.41, 5.74) is 0. The van der Waals surface area contributed by atoms with E-state index in [4.69, 9.17) is 33.2 Å². The molecule has 0 saturated carbocycles. The Labute approximate surface area is 261 Å². The highest BCUT2D eigenvalue weighted by Crippen LogP contribution is 2.29. The van der Waals surface area contributed by atoms with Gasteiger partial charge in [0.15, 0.2) is 12.6 Å². The van der Waals surface area contributed by atoms with E-state index in [1.54, 1.807) is 0 Å². The molecule has 0 radical (unpaired) electrons. The van der Waals surface area contributed by atoms with Crippen LogP contribution >= 0.6 is 0 Å². The van der Waals surface area contributed by atoms with Crippen LogP contribution in [0.2, 0.25) is 0 Å². The SMILES string of the molecule is CCCCCCCCCCCCOCCOCCOCCO[C@@H]1O[C@H](CO)[C@@H](O[C@@H]2O[C@H](CO)[C@H](O)[C@H](O)[C@H]2O)[C@H](O)[C@H]1O. The van der Waals surface area contributed by atoms with Crippen molar-refractivity contribution >= 4 is 0 Å². The minimum Gasteiger partial charge on any atom is -0.394 e. The van der Waals surface area contributed by atoms with Gasteiger partial charge in [0.25, 0.3) is 0 Å². The largest absolute Gasteiger partial charge is 0.394 e. The third-order valence-corrected chi connectivity index (χ3v) is 7.86. The predicted octanol–water partition coefficient (Wildman–Crippen LogP) is -0.402. The molecule has 0 bridgehead atoms. The summed E-state index contributed by atoms with van der Waals surface area (Å²) in [6.45, 7) is 3.59. The van der Waals surface area contributed by atoms with Crippen molar-refractivity contribution in [2.45, 2.75) is 133 Å². The van der Waals surface area contributed by atoms with E-state index < -0.39 is 74.6 Å². The molecule has 2 heterocycles. The lowest BCUT2D eigenvalue weighted by molar-refractivity contribution is -0.359. The fraction of sp³-hybridized carbons (Fsp3) is 1.00. The van der Waals surface area contributed by atoms with Crippen LogP contribution < -0.4 is 0 Å². The van der Waals surface area contributed by atoms with E-state index in [-0.39, 0.29) is 13.2 Å². The summed E-state index contributed by atoms with van der Waals surface area (Å²) in [6.07, 6.45) is -2.00. The van der Waals surface area contributed by atoms with E-state index >= 15 is 0 Å². The third-order valence-electron chi connectivity index (χ3n) is 7.86. The molecule has 0 spiro atoms. The van der Waals surface area contributed by atoms with Crippen molar-refractivity contribution < 1.29 is 68.9 Å². The van der Waals surface area contributed by atoms with Gasteiger partial charge in [0.1, 0.15) is 48.8 Å². The zero-order valence-electron chi connectivity index (χ0n) is 26.2. The molecule has 2 saturated heterocycles. The van der Waals surface area contributed by atoms with E-state index in [0.717, 1.165) is 13.0 Å². The summed E-state index contributed by atoms with van der Waals surface area (Å²) >= 11 is 0. The fourth-order valence-electron chi connectivity index (χ4n) is 5.15. The highest BCUT2D eigenvalue weighted by molar-refractivity contribution is 4.94. The number of aliphatic hydroxyl groups is 7. The number of aliphatic hydroxyl groups excluding tert-OH is 7. The van der Waals surface area contributed by atoms with Gasteiger partial charge in [0.05, 0.1) is 52.9 Å². The number of ether oxygens (including phenoxy) is 7. The molecule has 14 heteroatoms. The zero-order chi connectivity index (χ0) is 32.2. The first-order valence-electron chi connectivity index (χ1n) is 16.3. The molecule has 2 aliphatic rings. The average Bonchev–Trinajstić information content (AvgIpc) is 3.03. The number of unbranched alkanes of at least 4 members (excludes halogenated alkanes) is 9. The highest BCUT2D eigenvalue weighted by Gasteiger charge is 2.50. The Morgan fingerprint density at radius 2 is 0.955 bits per heavy atom. The highest BCUT2D eigenvalue weighted by atomic mass is 16.7. The second kappa shape index (κ2) is 23.7. The Balaban J connectivity index is 1.49. The monoisotopic (exact) mass is 642 g/mol. The van der Waals surface area contributed by atoms with Crippen molar-refractivity contribution in [2.24, 2.45) is 0 Å². The molecule has 7 N–H and O–H groups in total. The lowest BCUT2D eigenvalue weighted by Gasteiger charge is -2.45. The molecule has 262 valence electrons. The molecule has 0 aromatic rings. The van der Waals surface area contributed by atoms with Crippen LogP contribution in [0.4, 0.5) is 0 Å². The van der Waals surface area contributed by atoms with Gasteiger partial charge in [-0.1, -0.05) is 64.7 Å². The zero-order valence-corrected chi connectivity index (χ0v) is 26.2. The van der Waals surface area contributed by atoms with Crippen LogP contribution in [0.3, 0.4) is 0 Å². The molecular weight excluding hydrogens is 584 g/mol. The summed E-state index contributed by atoms with van der Waals surface area (Å²) < 4.78 is 38.4. The Bertz CT molecular complexity index is 686. The number of hydrogen-bond acceptors (Lipinski definition) is 14. The van der Waals surface area contributed by atoms with Gasteiger partial charge in [-0.25, -0.2) is 0 Å². The third kappa shape index (κ3) is 14.1. The molecule has 2 fully saturated rings. The molecule has 44 heavy (non-hydrogen) atoms. The van der Waals surface area contributed by atoms with Gasteiger partial charge < -0.3 is 68.9 Å². The van der Waals surface area contributed by atoms with Crippen molar-refractivity contribution in [3.8, 4) is 0 Å². The van der Waals surface area contributed by atoms with Crippen LogP contribution in [0.15, 0.2) is 0 Å². The minimum atomic E-state index is -1.73. The standard InChI is InChI=1S/C30H58O14/c1-2-3-4-5-6-7-8-9-10-11-12-38-13-14-39-15-16-40-17-18-41-29-27(37)25(35)28(22(20-32)43-29)44-30-26(36)24(34)23(33)21(19-31)42-30/h21-37H,2-20H2,1H3/t21-,22-,23+,24+,25-,26-,27-,28-,29-,30+/m1/s1. The first kappa shape index (κ1) is 39.6. The lowest BCUT2D eigenvalue weighted by Crippen LogP contribution is -2.64. The van der Waals surface area contributed by atoms with Gasteiger partial charge in [-0.3, -0.25) is 0 Å². The van der Waals surface area contributed by atoms with E-state index in [2.05, 4.69) is 6.92 Å². The summed E-state index contributed by atoms with van der Waals surface area (Å²) in [5.74, 6) is 0. The average molecular weight is 643 g/mol. The maximum Gasteiger partial charge on any atom is 0.187 e. The molecule has 0 unspecified atom stereocenters. The van der Waals surface area contributed by atoms with Gasteiger partial charge in [-0.05, 0) is 6.42 Å². The van der Waals surface area contributed by atoms with E-state index in [1.807, 2.05) is 0 Å². The van der Waals surface area contributed by atoms with Gasteiger partial charge >= 0.3 is 0 Å². The van der Waals surface area contributed by atoms with Crippen LogP contribution in [0, 0.1) is 0 Å². The molecule has 10 atom stereocenters. The first-order valence-corrected chi connectivity index (χ1v) is 16.3. The van der Waals surface area contributed by atoms with Crippen LogP contribution in [0.25, 0.3) is 0 Å². The Kier molecular flexibility index (Phi) is 21.4. The Morgan fingerprint density at radius 3 is 1.52 bits per heavy atom. The van der Waals surface area contributed by atoms with Crippen molar-refractivity contribution in [1.82, 2.24) is 0 Å². The quantitative estimate of drug-likeness (QED) is 0.0633. The lowest BCUT2D eigenvalue weighted by atomic mass is 9.97. The van der Waals surface area contributed by atoms with Crippen LogP contribution in [-0.4, -0.2) is 157 Å². The predicted molar refractivity (Wildman–Crippen MR) is 157 cm³/mol. The topological polar surface area (TPSA) is 206 Å². The summed E-state index contributed by atoms with van der Waals surface area (Å²) in [5, 5.41) is 70.3. The molecule has 0 amide bonds. The first-order chi connectivity index (χ1) is 21.3. The molecule has 0 aromatic carbocycles. The molecule has 14 nitrogen and oxygen atoms in total. The van der Waals surface area contributed by atoms with Crippen molar-refractivity contribution in [3.63, 3.8) is 0 Å². The number of hydrogen-bond donors (Lipinski definition) is 7. The minimum absolute atomic E-state index is 0.0206. The van der Waals surface area contributed by atoms with Crippen LogP contribution in [0.5, 0.6) is 0 Å². The van der Waals surface area contributed by atoms with Crippen LogP contribution in [-0.2, 0) is 33.2 Å². The Hall–Kier alpha value is -0.560. The summed E-state index contributed by atoms with van der Waals surface area (Å²) in [6, 6.07) is 0. The molecule has 0 aromatic heterocycles. The summed E-state index contributed by atoms with van der Waals surface area (Å²) in [7, 11) is 0. The molecular formula is C30H58O14. The van der Waals surface area contributed by atoms with Crippen molar-refractivity contribution in [3.05, 3.63) is 0 Å². The van der Waals surface area contributed by atoms with Crippen LogP contribution in [0.1, 0.15) is 71.1 Å². The smallest absolute Gasteiger partial charge is 0.187 e. The van der Waals surface area contributed by atoms with Gasteiger partial charge in [-0.2, -0.15) is 0 Å². The van der Waals surface area contributed by atoms with E-state index in [0.29, 0.717) is 26.4 Å². The van der Waals surface area contributed by atoms with Gasteiger partial charge in [-0.15, -0.1) is 0 Å². The normalized spacial score (nSPS) is 32.7. The van der Waals surface area contributed by atoms with Gasteiger partial charge in [0.2, 0.25) is 0 Å². The van der Waals surface area contributed by atoms with Crippen molar-refractivity contribution in [2.75, 3.05) is 59.5 Å². The molecule has 2 aliphatic heterocycles.